The zero-order valence-corrected chi connectivity index (χ0v) is 17.4. The van der Waals surface area contributed by atoms with Crippen LogP contribution in [0.4, 0.5) is 0 Å². The Morgan fingerprint density at radius 1 is 1.14 bits per heavy atom. The number of amides is 1. The van der Waals surface area contributed by atoms with Gasteiger partial charge >= 0.3 is 0 Å². The third kappa shape index (κ3) is 3.73. The first kappa shape index (κ1) is 20.1. The van der Waals surface area contributed by atoms with Crippen molar-refractivity contribution in [2.45, 2.75) is 57.7 Å². The van der Waals surface area contributed by atoms with Crippen molar-refractivity contribution in [1.82, 2.24) is 4.90 Å². The fourth-order valence-electron chi connectivity index (χ4n) is 5.67. The SMILES string of the molecule is C[C@H](c1ccccc1)N(C(=O)[C@@H]1[C@H](C(=O)[O-])[C@@H]2C=C[C@@H]1C2)[C@@H]1CCOC(C)(C)C1. The molecule has 0 aromatic heterocycles. The molecule has 1 aromatic carbocycles. The van der Waals surface area contributed by atoms with Crippen molar-refractivity contribution in [2.24, 2.45) is 23.7 Å². The summed E-state index contributed by atoms with van der Waals surface area (Å²) in [6.07, 6.45) is 6.23. The Kier molecular flexibility index (Phi) is 5.28. The highest BCUT2D eigenvalue weighted by Crippen LogP contribution is 2.49. The Bertz CT molecular complexity index is 802. The fraction of sp³-hybridized carbons (Fsp3) is 0.583. The number of carboxylic acids is 1. The van der Waals surface area contributed by atoms with Gasteiger partial charge in [0, 0.05) is 24.5 Å². The Morgan fingerprint density at radius 3 is 2.41 bits per heavy atom. The maximum atomic E-state index is 13.9. The van der Waals surface area contributed by atoms with E-state index in [1.54, 1.807) is 0 Å². The summed E-state index contributed by atoms with van der Waals surface area (Å²) >= 11 is 0. The maximum absolute atomic E-state index is 13.9. The van der Waals surface area contributed by atoms with Crippen LogP contribution in [0, 0.1) is 23.7 Å². The van der Waals surface area contributed by atoms with Crippen molar-refractivity contribution in [1.29, 1.82) is 0 Å². The number of benzene rings is 1. The molecule has 29 heavy (non-hydrogen) atoms. The lowest BCUT2D eigenvalue weighted by atomic mass is 9.80. The van der Waals surface area contributed by atoms with Gasteiger partial charge in [0.15, 0.2) is 0 Å². The number of carbonyl (C=O) groups is 2. The number of rotatable bonds is 5. The molecule has 0 N–H and O–H groups in total. The van der Waals surface area contributed by atoms with E-state index in [4.69, 9.17) is 4.74 Å². The normalized spacial score (nSPS) is 33.4. The molecule has 0 radical (unpaired) electrons. The van der Waals surface area contributed by atoms with Gasteiger partial charge in [0.1, 0.15) is 0 Å². The van der Waals surface area contributed by atoms with Crippen molar-refractivity contribution >= 4 is 11.9 Å². The molecule has 3 aliphatic rings. The van der Waals surface area contributed by atoms with Crippen LogP contribution in [-0.4, -0.2) is 35.0 Å². The third-order valence-corrected chi connectivity index (χ3v) is 7.03. The van der Waals surface area contributed by atoms with Crippen LogP contribution >= 0.6 is 0 Å². The van der Waals surface area contributed by atoms with E-state index in [9.17, 15) is 14.7 Å². The topological polar surface area (TPSA) is 69.7 Å². The number of hydrogen-bond donors (Lipinski definition) is 0. The van der Waals surface area contributed by atoms with Gasteiger partial charge in [0.2, 0.25) is 5.91 Å². The summed E-state index contributed by atoms with van der Waals surface area (Å²) in [5, 5.41) is 11.9. The first-order valence-electron chi connectivity index (χ1n) is 10.7. The molecule has 1 amide bonds. The molecule has 1 saturated carbocycles. The number of fused-ring (bicyclic) bond motifs is 2. The zero-order valence-electron chi connectivity index (χ0n) is 17.4. The fourth-order valence-corrected chi connectivity index (χ4v) is 5.67. The van der Waals surface area contributed by atoms with E-state index < -0.39 is 17.8 Å². The molecule has 5 heteroatoms. The van der Waals surface area contributed by atoms with Crippen LogP contribution < -0.4 is 5.11 Å². The highest BCUT2D eigenvalue weighted by atomic mass is 16.5. The largest absolute Gasteiger partial charge is 0.550 e. The number of aliphatic carboxylic acids is 1. The number of carbonyl (C=O) groups excluding carboxylic acids is 2. The van der Waals surface area contributed by atoms with Crippen LogP contribution in [0.5, 0.6) is 0 Å². The average molecular weight is 397 g/mol. The van der Waals surface area contributed by atoms with E-state index in [0.29, 0.717) is 6.61 Å². The molecule has 6 atom stereocenters. The van der Waals surface area contributed by atoms with Crippen LogP contribution in [0.2, 0.25) is 0 Å². The van der Waals surface area contributed by atoms with Crippen molar-refractivity contribution in [2.75, 3.05) is 6.61 Å². The van der Waals surface area contributed by atoms with Crippen LogP contribution in [0.1, 0.15) is 51.6 Å². The van der Waals surface area contributed by atoms with E-state index in [0.717, 1.165) is 24.8 Å². The molecule has 1 heterocycles. The van der Waals surface area contributed by atoms with Crippen LogP contribution in [0.25, 0.3) is 0 Å². The summed E-state index contributed by atoms with van der Waals surface area (Å²) in [7, 11) is 0. The average Bonchev–Trinajstić information content (AvgIpc) is 3.29. The van der Waals surface area contributed by atoms with E-state index in [-0.39, 0.29) is 35.4 Å². The number of allylic oxidation sites excluding steroid dienone is 2. The summed E-state index contributed by atoms with van der Waals surface area (Å²) in [4.78, 5) is 27.8. The second kappa shape index (κ2) is 7.60. The summed E-state index contributed by atoms with van der Waals surface area (Å²) in [6, 6.07) is 9.88. The van der Waals surface area contributed by atoms with Gasteiger partial charge in [-0.15, -0.1) is 0 Å². The van der Waals surface area contributed by atoms with Crippen molar-refractivity contribution in [3.8, 4) is 0 Å². The van der Waals surface area contributed by atoms with Gasteiger partial charge in [-0.2, -0.15) is 0 Å². The number of carboxylic acid groups (broad SMARTS) is 1. The molecule has 2 aliphatic carbocycles. The van der Waals surface area contributed by atoms with Crippen molar-refractivity contribution in [3.05, 3.63) is 48.0 Å². The smallest absolute Gasteiger partial charge is 0.227 e. The minimum absolute atomic E-state index is 0.00581. The van der Waals surface area contributed by atoms with E-state index in [1.807, 2.05) is 54.3 Å². The lowest BCUT2D eigenvalue weighted by molar-refractivity contribution is -0.313. The Balaban J connectivity index is 1.69. The molecular weight excluding hydrogens is 366 g/mol. The second-order valence-corrected chi connectivity index (χ2v) is 9.41. The van der Waals surface area contributed by atoms with Crippen LogP contribution in [0.3, 0.4) is 0 Å². The van der Waals surface area contributed by atoms with Crippen LogP contribution in [0.15, 0.2) is 42.5 Å². The minimum atomic E-state index is -1.10. The van der Waals surface area contributed by atoms with Gasteiger partial charge in [-0.05, 0) is 57.4 Å². The molecule has 1 aromatic rings. The summed E-state index contributed by atoms with van der Waals surface area (Å²) in [6.45, 7) is 6.76. The Morgan fingerprint density at radius 2 is 1.79 bits per heavy atom. The number of nitrogens with zero attached hydrogens (tertiary/aromatic N) is 1. The highest BCUT2D eigenvalue weighted by Gasteiger charge is 2.51. The first-order chi connectivity index (χ1) is 13.8. The summed E-state index contributed by atoms with van der Waals surface area (Å²) in [5.74, 6) is -2.49. The van der Waals surface area contributed by atoms with Gasteiger partial charge < -0.3 is 19.5 Å². The molecule has 2 bridgehead atoms. The zero-order chi connectivity index (χ0) is 20.8. The van der Waals surface area contributed by atoms with Gasteiger partial charge in [-0.1, -0.05) is 42.5 Å². The van der Waals surface area contributed by atoms with Gasteiger partial charge in [-0.3, -0.25) is 4.79 Å². The standard InChI is InChI=1S/C24H31NO4/c1-15(16-7-5-4-6-8-16)25(19-11-12-29-24(2,3)14-19)22(26)20-17-9-10-18(13-17)21(20)23(27)28/h4-10,15,17-21H,11-14H2,1-3H3,(H,27,28)/p-1/t15-,17-,18-,19-,20+,21-/m1/s1. The van der Waals surface area contributed by atoms with Gasteiger partial charge in [0.25, 0.3) is 0 Å². The first-order valence-corrected chi connectivity index (χ1v) is 10.7. The Hall–Kier alpha value is -2.14. The second-order valence-electron chi connectivity index (χ2n) is 9.41. The summed E-state index contributed by atoms with van der Waals surface area (Å²) in [5.41, 5.74) is 0.758. The molecular formula is C24H30NO4-. The maximum Gasteiger partial charge on any atom is 0.227 e. The molecule has 5 nitrogen and oxygen atoms in total. The number of ether oxygens (including phenoxy) is 1. The molecule has 1 saturated heterocycles. The van der Waals surface area contributed by atoms with Crippen molar-refractivity contribution < 1.29 is 19.4 Å². The molecule has 2 fully saturated rings. The predicted molar refractivity (Wildman–Crippen MR) is 107 cm³/mol. The van der Waals surface area contributed by atoms with Crippen molar-refractivity contribution in [3.63, 3.8) is 0 Å². The molecule has 156 valence electrons. The minimum Gasteiger partial charge on any atom is -0.550 e. The lowest BCUT2D eigenvalue weighted by Crippen LogP contribution is -2.53. The van der Waals surface area contributed by atoms with Gasteiger partial charge in [0.05, 0.1) is 17.6 Å². The molecule has 1 aliphatic heterocycles. The molecule has 4 rings (SSSR count). The lowest BCUT2D eigenvalue weighted by Gasteiger charge is -2.46. The van der Waals surface area contributed by atoms with Gasteiger partial charge in [-0.25, -0.2) is 0 Å². The van der Waals surface area contributed by atoms with Crippen LogP contribution in [-0.2, 0) is 14.3 Å². The van der Waals surface area contributed by atoms with E-state index >= 15 is 0 Å². The van der Waals surface area contributed by atoms with E-state index in [1.165, 1.54) is 0 Å². The third-order valence-electron chi connectivity index (χ3n) is 7.03. The molecule has 0 unspecified atom stereocenters. The van der Waals surface area contributed by atoms with E-state index in [2.05, 4.69) is 13.8 Å². The molecule has 0 spiro atoms. The number of hydrogen-bond acceptors (Lipinski definition) is 4. The predicted octanol–water partition coefficient (Wildman–Crippen LogP) is 2.72. The quantitative estimate of drug-likeness (QED) is 0.718. The Labute approximate surface area is 172 Å². The highest BCUT2D eigenvalue weighted by molar-refractivity contribution is 5.87. The summed E-state index contributed by atoms with van der Waals surface area (Å²) < 4.78 is 5.89. The monoisotopic (exact) mass is 396 g/mol.